The number of aliphatic hydroxyl groups excluding tert-OH is 1. The Morgan fingerprint density at radius 2 is 1.80 bits per heavy atom. The average Bonchev–Trinajstić information content (AvgIpc) is 2.46. The SMILES string of the molecule is Cc1ccc(OCC(O)C2CCN(C(C)C)CC2)cc1. The first-order chi connectivity index (χ1) is 9.56. The van der Waals surface area contributed by atoms with E-state index < -0.39 is 0 Å². The van der Waals surface area contributed by atoms with Crippen LogP contribution in [0.4, 0.5) is 0 Å². The molecule has 1 saturated heterocycles. The van der Waals surface area contributed by atoms with E-state index in [1.54, 1.807) is 0 Å². The van der Waals surface area contributed by atoms with Gasteiger partial charge in [-0.05, 0) is 64.8 Å². The van der Waals surface area contributed by atoms with Crippen molar-refractivity contribution in [2.75, 3.05) is 19.7 Å². The lowest BCUT2D eigenvalue weighted by Gasteiger charge is -2.36. The summed E-state index contributed by atoms with van der Waals surface area (Å²) in [5.74, 6) is 1.21. The fourth-order valence-electron chi connectivity index (χ4n) is 2.77. The molecule has 1 N–H and O–H groups in total. The van der Waals surface area contributed by atoms with Gasteiger partial charge in [0.15, 0.2) is 0 Å². The lowest BCUT2D eigenvalue weighted by molar-refractivity contribution is 0.0204. The molecule has 3 heteroatoms. The molecule has 0 amide bonds. The van der Waals surface area contributed by atoms with Gasteiger partial charge in [0.1, 0.15) is 12.4 Å². The molecule has 0 aliphatic carbocycles. The van der Waals surface area contributed by atoms with E-state index in [-0.39, 0.29) is 6.10 Å². The first kappa shape index (κ1) is 15.3. The number of benzene rings is 1. The smallest absolute Gasteiger partial charge is 0.119 e. The van der Waals surface area contributed by atoms with Crippen LogP contribution < -0.4 is 4.74 Å². The number of aryl methyl sites for hydroxylation is 1. The van der Waals surface area contributed by atoms with Crippen LogP contribution in [-0.2, 0) is 0 Å². The van der Waals surface area contributed by atoms with Crippen molar-refractivity contribution in [2.45, 2.75) is 45.8 Å². The monoisotopic (exact) mass is 277 g/mol. The number of nitrogens with zero attached hydrogens (tertiary/aromatic N) is 1. The van der Waals surface area contributed by atoms with Gasteiger partial charge in [0.25, 0.3) is 0 Å². The van der Waals surface area contributed by atoms with Gasteiger partial charge >= 0.3 is 0 Å². The molecule has 3 nitrogen and oxygen atoms in total. The molecular weight excluding hydrogens is 250 g/mol. The van der Waals surface area contributed by atoms with Gasteiger partial charge in [0.2, 0.25) is 0 Å². The molecule has 0 radical (unpaired) electrons. The minimum Gasteiger partial charge on any atom is -0.491 e. The maximum Gasteiger partial charge on any atom is 0.119 e. The Labute approximate surface area is 122 Å². The number of aliphatic hydroxyl groups is 1. The van der Waals surface area contributed by atoms with Crippen molar-refractivity contribution in [1.82, 2.24) is 4.90 Å². The molecule has 112 valence electrons. The van der Waals surface area contributed by atoms with E-state index in [4.69, 9.17) is 4.74 Å². The lowest BCUT2D eigenvalue weighted by Crippen LogP contribution is -2.42. The average molecular weight is 277 g/mol. The van der Waals surface area contributed by atoms with Gasteiger partial charge < -0.3 is 14.7 Å². The van der Waals surface area contributed by atoms with Crippen molar-refractivity contribution in [3.8, 4) is 5.75 Å². The van der Waals surface area contributed by atoms with Crippen molar-refractivity contribution in [3.05, 3.63) is 29.8 Å². The number of hydrogen-bond donors (Lipinski definition) is 1. The molecule has 20 heavy (non-hydrogen) atoms. The maximum atomic E-state index is 10.3. The maximum absolute atomic E-state index is 10.3. The zero-order chi connectivity index (χ0) is 14.5. The van der Waals surface area contributed by atoms with Crippen LogP contribution in [0.1, 0.15) is 32.3 Å². The Kier molecular flexibility index (Phi) is 5.44. The second-order valence-electron chi connectivity index (χ2n) is 6.16. The molecule has 2 rings (SSSR count). The predicted molar refractivity (Wildman–Crippen MR) is 82.1 cm³/mol. The number of hydrogen-bond acceptors (Lipinski definition) is 3. The number of piperidine rings is 1. The van der Waals surface area contributed by atoms with Crippen molar-refractivity contribution in [2.24, 2.45) is 5.92 Å². The second-order valence-corrected chi connectivity index (χ2v) is 6.16. The summed E-state index contributed by atoms with van der Waals surface area (Å²) >= 11 is 0. The summed E-state index contributed by atoms with van der Waals surface area (Å²) in [6.07, 6.45) is 1.78. The third-order valence-corrected chi connectivity index (χ3v) is 4.29. The van der Waals surface area contributed by atoms with Crippen LogP contribution in [0.5, 0.6) is 5.75 Å². The molecule has 1 atom stereocenters. The van der Waals surface area contributed by atoms with Gasteiger partial charge in [0.05, 0.1) is 6.10 Å². The summed E-state index contributed by atoms with van der Waals surface area (Å²) in [6.45, 7) is 9.10. The molecule has 1 unspecified atom stereocenters. The van der Waals surface area contributed by atoms with Crippen LogP contribution in [0.2, 0.25) is 0 Å². The summed E-state index contributed by atoms with van der Waals surface area (Å²) in [7, 11) is 0. The van der Waals surface area contributed by atoms with E-state index in [0.29, 0.717) is 18.6 Å². The Hall–Kier alpha value is -1.06. The molecule has 0 aromatic heterocycles. The zero-order valence-corrected chi connectivity index (χ0v) is 12.9. The molecular formula is C17H27NO2. The van der Waals surface area contributed by atoms with Crippen LogP contribution in [0.25, 0.3) is 0 Å². The second kappa shape index (κ2) is 7.09. The predicted octanol–water partition coefficient (Wildman–Crippen LogP) is 2.86. The van der Waals surface area contributed by atoms with Crippen LogP contribution in [0, 0.1) is 12.8 Å². The zero-order valence-electron chi connectivity index (χ0n) is 12.9. The van der Waals surface area contributed by atoms with E-state index in [1.165, 1.54) is 5.56 Å². The van der Waals surface area contributed by atoms with Gasteiger partial charge in [-0.15, -0.1) is 0 Å². The van der Waals surface area contributed by atoms with E-state index >= 15 is 0 Å². The number of rotatable bonds is 5. The Bertz CT molecular complexity index is 394. The summed E-state index contributed by atoms with van der Waals surface area (Å²) < 4.78 is 5.69. The minimum absolute atomic E-state index is 0.356. The van der Waals surface area contributed by atoms with Gasteiger partial charge in [-0.25, -0.2) is 0 Å². The highest BCUT2D eigenvalue weighted by molar-refractivity contribution is 5.26. The summed E-state index contributed by atoms with van der Waals surface area (Å²) in [4.78, 5) is 2.48. The summed E-state index contributed by atoms with van der Waals surface area (Å²) in [5.41, 5.74) is 1.22. The van der Waals surface area contributed by atoms with Crippen LogP contribution in [0.3, 0.4) is 0 Å². The van der Waals surface area contributed by atoms with E-state index in [2.05, 4.69) is 25.7 Å². The van der Waals surface area contributed by atoms with Crippen molar-refractivity contribution >= 4 is 0 Å². The minimum atomic E-state index is -0.356. The Balaban J connectivity index is 1.75. The highest BCUT2D eigenvalue weighted by Crippen LogP contribution is 2.23. The molecule has 1 aliphatic rings. The number of ether oxygens (including phenoxy) is 1. The molecule has 0 saturated carbocycles. The normalized spacial score (nSPS) is 19.2. The fraction of sp³-hybridized carbons (Fsp3) is 0.647. The fourth-order valence-corrected chi connectivity index (χ4v) is 2.77. The van der Waals surface area contributed by atoms with Crippen molar-refractivity contribution in [1.29, 1.82) is 0 Å². The van der Waals surface area contributed by atoms with Gasteiger partial charge in [-0.2, -0.15) is 0 Å². The van der Waals surface area contributed by atoms with Gasteiger partial charge in [0, 0.05) is 6.04 Å². The first-order valence-electron chi connectivity index (χ1n) is 7.68. The summed E-state index contributed by atoms with van der Waals surface area (Å²) in [6, 6.07) is 8.59. The topological polar surface area (TPSA) is 32.7 Å². The standard InChI is InChI=1S/C17H27NO2/c1-13(2)18-10-8-15(9-11-18)17(19)12-20-16-6-4-14(3)5-7-16/h4-7,13,15,17,19H,8-12H2,1-3H3. The van der Waals surface area contributed by atoms with E-state index in [1.807, 2.05) is 24.3 Å². The molecule has 0 spiro atoms. The molecule has 1 fully saturated rings. The van der Waals surface area contributed by atoms with Crippen molar-refractivity contribution < 1.29 is 9.84 Å². The highest BCUT2D eigenvalue weighted by atomic mass is 16.5. The van der Waals surface area contributed by atoms with E-state index in [0.717, 1.165) is 31.7 Å². The third-order valence-electron chi connectivity index (χ3n) is 4.29. The third kappa shape index (κ3) is 4.22. The number of likely N-dealkylation sites (tertiary alicyclic amines) is 1. The van der Waals surface area contributed by atoms with Crippen LogP contribution in [0.15, 0.2) is 24.3 Å². The van der Waals surface area contributed by atoms with Crippen LogP contribution >= 0.6 is 0 Å². The molecule has 1 aromatic carbocycles. The Morgan fingerprint density at radius 3 is 2.35 bits per heavy atom. The van der Waals surface area contributed by atoms with Crippen molar-refractivity contribution in [3.63, 3.8) is 0 Å². The first-order valence-corrected chi connectivity index (χ1v) is 7.68. The molecule has 1 aromatic rings. The quantitative estimate of drug-likeness (QED) is 0.898. The molecule has 1 heterocycles. The highest BCUT2D eigenvalue weighted by Gasteiger charge is 2.26. The molecule has 1 aliphatic heterocycles. The largest absolute Gasteiger partial charge is 0.491 e. The summed E-state index contributed by atoms with van der Waals surface area (Å²) in [5, 5.41) is 10.3. The van der Waals surface area contributed by atoms with Gasteiger partial charge in [-0.3, -0.25) is 0 Å². The van der Waals surface area contributed by atoms with Crippen LogP contribution in [-0.4, -0.2) is 41.8 Å². The molecule has 0 bridgehead atoms. The lowest BCUT2D eigenvalue weighted by atomic mass is 9.91. The van der Waals surface area contributed by atoms with E-state index in [9.17, 15) is 5.11 Å². The Morgan fingerprint density at radius 1 is 1.20 bits per heavy atom. The van der Waals surface area contributed by atoms with Gasteiger partial charge in [-0.1, -0.05) is 17.7 Å².